The molecule has 0 aliphatic carbocycles. The van der Waals surface area contributed by atoms with Crippen molar-refractivity contribution >= 4 is 23.5 Å². The van der Waals surface area contributed by atoms with Gasteiger partial charge in [-0.2, -0.15) is 0 Å². The molecule has 1 fully saturated rings. The molecule has 1 aromatic rings. The average molecular weight is 320 g/mol. The van der Waals surface area contributed by atoms with Gasteiger partial charge in [0.15, 0.2) is 6.10 Å². The molecule has 0 saturated carbocycles. The first-order chi connectivity index (χ1) is 10.9. The van der Waals surface area contributed by atoms with Crippen molar-refractivity contribution in [1.82, 2.24) is 5.32 Å². The van der Waals surface area contributed by atoms with Crippen molar-refractivity contribution in [2.45, 2.75) is 38.8 Å². The Labute approximate surface area is 134 Å². The van der Waals surface area contributed by atoms with Crippen molar-refractivity contribution < 1.29 is 23.9 Å². The molecule has 1 saturated heterocycles. The Morgan fingerprint density at radius 3 is 2.74 bits per heavy atom. The molecule has 1 aromatic carbocycles. The molecule has 1 aliphatic heterocycles. The van der Waals surface area contributed by atoms with Crippen molar-refractivity contribution in [3.05, 3.63) is 23.8 Å². The predicted octanol–water partition coefficient (Wildman–Crippen LogP) is 1.15. The highest BCUT2D eigenvalue weighted by Crippen LogP contribution is 2.25. The fourth-order valence-electron chi connectivity index (χ4n) is 2.25. The summed E-state index contributed by atoms with van der Waals surface area (Å²) >= 11 is 0. The lowest BCUT2D eigenvalue weighted by molar-refractivity contribution is -0.155. The third-order valence-electron chi connectivity index (χ3n) is 3.55. The van der Waals surface area contributed by atoms with Gasteiger partial charge in [0.1, 0.15) is 11.8 Å². The zero-order chi connectivity index (χ0) is 17.0. The number of carbonyl (C=O) groups excluding carboxylic acids is 3. The number of benzene rings is 1. The van der Waals surface area contributed by atoms with E-state index in [1.54, 1.807) is 12.1 Å². The summed E-state index contributed by atoms with van der Waals surface area (Å²) in [4.78, 5) is 35.2. The summed E-state index contributed by atoms with van der Waals surface area (Å²) in [5.74, 6) is -0.736. The normalized spacial score (nSPS) is 18.0. The van der Waals surface area contributed by atoms with Crippen LogP contribution in [0.25, 0.3) is 0 Å². The van der Waals surface area contributed by atoms with E-state index in [2.05, 4.69) is 10.6 Å². The Hall–Kier alpha value is -2.57. The molecule has 2 amide bonds. The lowest BCUT2D eigenvalue weighted by atomic mass is 10.2. The number of rotatable bonds is 5. The second-order valence-corrected chi connectivity index (χ2v) is 5.43. The van der Waals surface area contributed by atoms with Gasteiger partial charge in [0.25, 0.3) is 5.91 Å². The Morgan fingerprint density at radius 2 is 2.13 bits per heavy atom. The molecule has 1 aliphatic rings. The van der Waals surface area contributed by atoms with Gasteiger partial charge < -0.3 is 20.1 Å². The van der Waals surface area contributed by atoms with Crippen molar-refractivity contribution in [1.29, 1.82) is 0 Å². The van der Waals surface area contributed by atoms with E-state index >= 15 is 0 Å². The summed E-state index contributed by atoms with van der Waals surface area (Å²) in [6, 6.07) is 4.70. The maximum Gasteiger partial charge on any atom is 0.329 e. The Morgan fingerprint density at radius 1 is 1.39 bits per heavy atom. The monoisotopic (exact) mass is 320 g/mol. The van der Waals surface area contributed by atoms with Crippen molar-refractivity contribution in [3.63, 3.8) is 0 Å². The summed E-state index contributed by atoms with van der Waals surface area (Å²) in [5.41, 5.74) is 1.47. The van der Waals surface area contributed by atoms with Gasteiger partial charge in [0.2, 0.25) is 5.91 Å². The standard InChI is InChI=1S/C16H20N2O5/c1-9-4-6-13(22-3)12(8-9)18-15(20)10(2)23-16(21)11-5-7-14(19)17-11/h4,6,8,10-11H,5,7H2,1-3H3,(H,17,19)(H,18,20)/t10-,11-/m1/s1. The first-order valence-corrected chi connectivity index (χ1v) is 7.36. The van der Waals surface area contributed by atoms with Gasteiger partial charge in [0.05, 0.1) is 12.8 Å². The van der Waals surface area contributed by atoms with Crippen molar-refractivity contribution in [2.75, 3.05) is 12.4 Å². The van der Waals surface area contributed by atoms with E-state index in [1.807, 2.05) is 13.0 Å². The van der Waals surface area contributed by atoms with Crippen LogP contribution in [0, 0.1) is 6.92 Å². The maximum atomic E-state index is 12.2. The molecule has 2 N–H and O–H groups in total. The molecule has 0 aromatic heterocycles. The number of anilines is 1. The topological polar surface area (TPSA) is 93.7 Å². The molecule has 7 nitrogen and oxygen atoms in total. The van der Waals surface area contributed by atoms with E-state index in [4.69, 9.17) is 9.47 Å². The van der Waals surface area contributed by atoms with Gasteiger partial charge in [-0.15, -0.1) is 0 Å². The van der Waals surface area contributed by atoms with Crippen LogP contribution in [0.2, 0.25) is 0 Å². The van der Waals surface area contributed by atoms with Crippen LogP contribution in [-0.2, 0) is 19.1 Å². The lowest BCUT2D eigenvalue weighted by Crippen LogP contribution is -2.39. The van der Waals surface area contributed by atoms with Gasteiger partial charge in [-0.25, -0.2) is 4.79 Å². The Kier molecular flexibility index (Phi) is 5.20. The van der Waals surface area contributed by atoms with E-state index < -0.39 is 24.0 Å². The highest BCUT2D eigenvalue weighted by molar-refractivity contribution is 5.97. The van der Waals surface area contributed by atoms with Crippen LogP contribution >= 0.6 is 0 Å². The van der Waals surface area contributed by atoms with Crippen molar-refractivity contribution in [2.24, 2.45) is 0 Å². The molecule has 124 valence electrons. The molecule has 0 radical (unpaired) electrons. The lowest BCUT2D eigenvalue weighted by Gasteiger charge is -2.17. The van der Waals surface area contributed by atoms with Crippen LogP contribution in [0.1, 0.15) is 25.3 Å². The number of ether oxygens (including phenoxy) is 2. The first-order valence-electron chi connectivity index (χ1n) is 7.36. The summed E-state index contributed by atoms with van der Waals surface area (Å²) < 4.78 is 10.3. The second kappa shape index (κ2) is 7.13. The van der Waals surface area contributed by atoms with Crippen molar-refractivity contribution in [3.8, 4) is 5.75 Å². The second-order valence-electron chi connectivity index (χ2n) is 5.43. The molecule has 0 spiro atoms. The first kappa shape index (κ1) is 16.8. The minimum atomic E-state index is -0.981. The number of methoxy groups -OCH3 is 1. The van der Waals surface area contributed by atoms with Gasteiger partial charge in [-0.1, -0.05) is 6.07 Å². The van der Waals surface area contributed by atoms with Crippen LogP contribution in [0.5, 0.6) is 5.75 Å². The Balaban J connectivity index is 1.96. The minimum absolute atomic E-state index is 0.187. The van der Waals surface area contributed by atoms with Crippen LogP contribution < -0.4 is 15.4 Å². The molecule has 7 heteroatoms. The van der Waals surface area contributed by atoms with Gasteiger partial charge in [0, 0.05) is 6.42 Å². The van der Waals surface area contributed by atoms with Gasteiger partial charge in [-0.05, 0) is 38.0 Å². The number of esters is 1. The van der Waals surface area contributed by atoms with Crippen LogP contribution in [-0.4, -0.2) is 37.0 Å². The third kappa shape index (κ3) is 4.21. The van der Waals surface area contributed by atoms with Gasteiger partial charge in [-0.3, -0.25) is 9.59 Å². The summed E-state index contributed by atoms with van der Waals surface area (Å²) in [5, 5.41) is 5.19. The smallest absolute Gasteiger partial charge is 0.329 e. The largest absolute Gasteiger partial charge is 0.495 e. The molecule has 2 rings (SSSR count). The quantitative estimate of drug-likeness (QED) is 0.794. The molecule has 0 bridgehead atoms. The third-order valence-corrected chi connectivity index (χ3v) is 3.55. The zero-order valence-corrected chi connectivity index (χ0v) is 13.3. The van der Waals surface area contributed by atoms with Crippen LogP contribution in [0.15, 0.2) is 18.2 Å². The molecule has 23 heavy (non-hydrogen) atoms. The molecular weight excluding hydrogens is 300 g/mol. The highest BCUT2D eigenvalue weighted by atomic mass is 16.5. The zero-order valence-electron chi connectivity index (χ0n) is 13.3. The van der Waals surface area contributed by atoms with Crippen LogP contribution in [0.4, 0.5) is 5.69 Å². The van der Waals surface area contributed by atoms with E-state index in [1.165, 1.54) is 14.0 Å². The van der Waals surface area contributed by atoms with E-state index in [0.717, 1.165) is 5.56 Å². The molecule has 1 heterocycles. The highest BCUT2D eigenvalue weighted by Gasteiger charge is 2.31. The number of hydrogen-bond donors (Lipinski definition) is 2. The number of nitrogens with one attached hydrogen (secondary N) is 2. The molecule has 2 atom stereocenters. The average Bonchev–Trinajstić information content (AvgIpc) is 2.94. The minimum Gasteiger partial charge on any atom is -0.495 e. The number of aryl methyl sites for hydroxylation is 1. The summed E-state index contributed by atoms with van der Waals surface area (Å²) in [6.45, 7) is 3.37. The summed E-state index contributed by atoms with van der Waals surface area (Å²) in [7, 11) is 1.51. The SMILES string of the molecule is COc1ccc(C)cc1NC(=O)[C@@H](C)OC(=O)[C@H]1CCC(=O)N1. The van der Waals surface area contributed by atoms with Crippen LogP contribution in [0.3, 0.4) is 0 Å². The maximum absolute atomic E-state index is 12.2. The predicted molar refractivity (Wildman–Crippen MR) is 83.1 cm³/mol. The van der Waals surface area contributed by atoms with E-state index in [9.17, 15) is 14.4 Å². The van der Waals surface area contributed by atoms with E-state index in [0.29, 0.717) is 24.3 Å². The fourth-order valence-corrected chi connectivity index (χ4v) is 2.25. The Bertz CT molecular complexity index is 629. The van der Waals surface area contributed by atoms with E-state index in [-0.39, 0.29) is 5.91 Å². The molecular formula is C16H20N2O5. The number of hydrogen-bond acceptors (Lipinski definition) is 5. The fraction of sp³-hybridized carbons (Fsp3) is 0.438. The molecule has 0 unspecified atom stereocenters. The summed E-state index contributed by atoms with van der Waals surface area (Å²) in [6.07, 6.45) is -0.302. The number of amides is 2. The number of carbonyl (C=O) groups is 3. The van der Waals surface area contributed by atoms with Gasteiger partial charge >= 0.3 is 5.97 Å².